The zero-order chi connectivity index (χ0) is 13.9. The van der Waals surface area contributed by atoms with Crippen molar-refractivity contribution in [2.45, 2.75) is 25.3 Å². The first-order chi connectivity index (χ1) is 9.72. The third kappa shape index (κ3) is 3.08. The van der Waals surface area contributed by atoms with Crippen molar-refractivity contribution in [1.29, 1.82) is 0 Å². The molecule has 0 bridgehead atoms. The quantitative estimate of drug-likeness (QED) is 0.876. The van der Waals surface area contributed by atoms with E-state index >= 15 is 0 Å². The summed E-state index contributed by atoms with van der Waals surface area (Å²) in [7, 11) is 0. The molecule has 1 unspecified atom stereocenters. The molecular weight excluding hydrogens is 250 g/mol. The predicted octanol–water partition coefficient (Wildman–Crippen LogP) is 2.54. The zero-order valence-corrected chi connectivity index (χ0v) is 11.3. The normalized spacial score (nSPS) is 15.8. The minimum absolute atomic E-state index is 0.00244. The van der Waals surface area contributed by atoms with Gasteiger partial charge in [-0.3, -0.25) is 4.79 Å². The molecule has 3 N–H and O–H groups in total. The summed E-state index contributed by atoms with van der Waals surface area (Å²) in [6.07, 6.45) is 6.68. The van der Waals surface area contributed by atoms with Crippen LogP contribution in [0.5, 0.6) is 0 Å². The number of aromatic nitrogens is 1. The summed E-state index contributed by atoms with van der Waals surface area (Å²) in [6.45, 7) is 0. The van der Waals surface area contributed by atoms with Crippen LogP contribution in [0, 0.1) is 5.92 Å². The molecule has 1 heterocycles. The number of hydrogen-bond donors (Lipinski definition) is 2. The van der Waals surface area contributed by atoms with Crippen LogP contribution in [0.25, 0.3) is 5.69 Å². The molecule has 20 heavy (non-hydrogen) atoms. The number of carbonyl (C=O) groups is 1. The Hall–Kier alpha value is -2.07. The van der Waals surface area contributed by atoms with E-state index in [4.69, 9.17) is 5.73 Å². The monoisotopic (exact) mass is 269 g/mol. The smallest absolute Gasteiger partial charge is 0.225 e. The summed E-state index contributed by atoms with van der Waals surface area (Å²) < 4.78 is 2.01. The molecule has 0 radical (unpaired) electrons. The van der Waals surface area contributed by atoms with Crippen LogP contribution < -0.4 is 11.1 Å². The second kappa shape index (κ2) is 5.51. The molecule has 0 saturated heterocycles. The Bertz CT molecular complexity index is 588. The van der Waals surface area contributed by atoms with Crippen molar-refractivity contribution in [3.8, 4) is 5.69 Å². The van der Waals surface area contributed by atoms with Crippen LogP contribution >= 0.6 is 0 Å². The second-order valence-corrected chi connectivity index (χ2v) is 5.39. The standard InChI is InChI=1S/C16H19N3O/c17-15(12-6-7-12)11-16(20)18-13-4-3-5-14(10-13)19-8-1-2-9-19/h1-5,8-10,12,15H,6-7,11,17H2,(H,18,20). The number of nitrogens with one attached hydrogen (secondary N) is 1. The van der Waals surface area contributed by atoms with Crippen molar-refractivity contribution in [3.05, 3.63) is 48.8 Å². The van der Waals surface area contributed by atoms with E-state index in [1.807, 2.05) is 53.4 Å². The summed E-state index contributed by atoms with van der Waals surface area (Å²) >= 11 is 0. The van der Waals surface area contributed by atoms with Gasteiger partial charge in [0.1, 0.15) is 0 Å². The van der Waals surface area contributed by atoms with Gasteiger partial charge < -0.3 is 15.6 Å². The van der Waals surface area contributed by atoms with E-state index in [0.717, 1.165) is 24.2 Å². The van der Waals surface area contributed by atoms with Crippen molar-refractivity contribution in [2.75, 3.05) is 5.32 Å². The van der Waals surface area contributed by atoms with E-state index in [9.17, 15) is 4.79 Å². The molecule has 1 aliphatic carbocycles. The van der Waals surface area contributed by atoms with Crippen molar-refractivity contribution >= 4 is 11.6 Å². The molecule has 1 aromatic carbocycles. The molecule has 1 atom stereocenters. The minimum atomic E-state index is -0.00550. The molecule has 0 spiro atoms. The van der Waals surface area contributed by atoms with Crippen molar-refractivity contribution in [2.24, 2.45) is 11.7 Å². The summed E-state index contributed by atoms with van der Waals surface area (Å²) in [5.74, 6) is 0.543. The number of benzene rings is 1. The SMILES string of the molecule is NC(CC(=O)Nc1cccc(-n2cccc2)c1)C1CC1. The molecule has 1 amide bonds. The summed E-state index contributed by atoms with van der Waals surface area (Å²) in [5.41, 5.74) is 7.81. The summed E-state index contributed by atoms with van der Waals surface area (Å²) in [6, 6.07) is 11.7. The molecular formula is C16H19N3O. The Morgan fingerprint density at radius 2 is 2.05 bits per heavy atom. The molecule has 4 nitrogen and oxygen atoms in total. The maximum absolute atomic E-state index is 12.0. The van der Waals surface area contributed by atoms with Gasteiger partial charge in [0.25, 0.3) is 0 Å². The lowest BCUT2D eigenvalue weighted by atomic mass is 10.1. The van der Waals surface area contributed by atoms with Crippen molar-refractivity contribution < 1.29 is 4.79 Å². The third-order valence-electron chi connectivity index (χ3n) is 3.68. The van der Waals surface area contributed by atoms with E-state index in [1.165, 1.54) is 0 Å². The van der Waals surface area contributed by atoms with Crippen molar-refractivity contribution in [1.82, 2.24) is 4.57 Å². The third-order valence-corrected chi connectivity index (χ3v) is 3.68. The number of nitrogens with zero attached hydrogens (tertiary/aromatic N) is 1. The fraction of sp³-hybridized carbons (Fsp3) is 0.312. The van der Waals surface area contributed by atoms with Gasteiger partial charge in [-0.25, -0.2) is 0 Å². The van der Waals surface area contributed by atoms with Gasteiger partial charge in [-0.05, 0) is 49.1 Å². The number of hydrogen-bond acceptors (Lipinski definition) is 2. The first-order valence-corrected chi connectivity index (χ1v) is 7.01. The van der Waals surface area contributed by atoms with E-state index in [0.29, 0.717) is 12.3 Å². The highest BCUT2D eigenvalue weighted by atomic mass is 16.1. The largest absolute Gasteiger partial charge is 0.327 e. The number of carbonyl (C=O) groups excluding carboxylic acids is 1. The lowest BCUT2D eigenvalue weighted by Gasteiger charge is -2.11. The van der Waals surface area contributed by atoms with Crippen LogP contribution in [-0.4, -0.2) is 16.5 Å². The highest BCUT2D eigenvalue weighted by molar-refractivity contribution is 5.91. The summed E-state index contributed by atoms with van der Waals surface area (Å²) in [4.78, 5) is 12.0. The van der Waals surface area contributed by atoms with E-state index in [-0.39, 0.29) is 11.9 Å². The van der Waals surface area contributed by atoms with Crippen LogP contribution in [0.3, 0.4) is 0 Å². The van der Waals surface area contributed by atoms with Gasteiger partial charge in [0.15, 0.2) is 0 Å². The van der Waals surface area contributed by atoms with Crippen LogP contribution in [0.1, 0.15) is 19.3 Å². The lowest BCUT2D eigenvalue weighted by molar-refractivity contribution is -0.116. The Labute approximate surface area is 118 Å². The Morgan fingerprint density at radius 3 is 2.75 bits per heavy atom. The first-order valence-electron chi connectivity index (χ1n) is 7.01. The number of anilines is 1. The first kappa shape index (κ1) is 12.9. The summed E-state index contributed by atoms with van der Waals surface area (Å²) in [5, 5.41) is 2.93. The Kier molecular flexibility index (Phi) is 3.56. The maximum atomic E-state index is 12.0. The van der Waals surface area contributed by atoms with Gasteiger partial charge >= 0.3 is 0 Å². The minimum Gasteiger partial charge on any atom is -0.327 e. The van der Waals surface area contributed by atoms with Crippen LogP contribution in [0.4, 0.5) is 5.69 Å². The molecule has 3 rings (SSSR count). The number of amides is 1. The average Bonchev–Trinajstić information content (AvgIpc) is 3.14. The van der Waals surface area contributed by atoms with Gasteiger partial charge in [0.2, 0.25) is 5.91 Å². The van der Waals surface area contributed by atoms with E-state index in [1.54, 1.807) is 0 Å². The number of rotatable bonds is 5. The predicted molar refractivity (Wildman–Crippen MR) is 79.7 cm³/mol. The van der Waals surface area contributed by atoms with Gasteiger partial charge in [-0.15, -0.1) is 0 Å². The maximum Gasteiger partial charge on any atom is 0.225 e. The van der Waals surface area contributed by atoms with Gasteiger partial charge in [-0.1, -0.05) is 6.07 Å². The van der Waals surface area contributed by atoms with Gasteiger partial charge in [0.05, 0.1) is 0 Å². The molecule has 2 aromatic rings. The molecule has 104 valence electrons. The second-order valence-electron chi connectivity index (χ2n) is 5.39. The molecule has 1 saturated carbocycles. The molecule has 1 aromatic heterocycles. The lowest BCUT2D eigenvalue weighted by Crippen LogP contribution is -2.28. The van der Waals surface area contributed by atoms with Crippen LogP contribution in [0.2, 0.25) is 0 Å². The topological polar surface area (TPSA) is 60.1 Å². The Balaban J connectivity index is 1.65. The molecule has 4 heteroatoms. The number of nitrogens with two attached hydrogens (primary N) is 1. The van der Waals surface area contributed by atoms with Crippen molar-refractivity contribution in [3.63, 3.8) is 0 Å². The molecule has 1 aliphatic rings. The van der Waals surface area contributed by atoms with E-state index < -0.39 is 0 Å². The van der Waals surface area contributed by atoms with Crippen LogP contribution in [-0.2, 0) is 4.79 Å². The average molecular weight is 269 g/mol. The zero-order valence-electron chi connectivity index (χ0n) is 11.3. The molecule has 0 aliphatic heterocycles. The fourth-order valence-electron chi connectivity index (χ4n) is 2.37. The Morgan fingerprint density at radius 1 is 1.30 bits per heavy atom. The van der Waals surface area contributed by atoms with Gasteiger partial charge in [0, 0.05) is 36.2 Å². The highest BCUT2D eigenvalue weighted by Gasteiger charge is 2.29. The van der Waals surface area contributed by atoms with E-state index in [2.05, 4.69) is 5.32 Å². The van der Waals surface area contributed by atoms with Gasteiger partial charge in [-0.2, -0.15) is 0 Å². The van der Waals surface area contributed by atoms with Crippen LogP contribution in [0.15, 0.2) is 48.8 Å². The highest BCUT2D eigenvalue weighted by Crippen LogP contribution is 2.32. The molecule has 1 fully saturated rings. The fourth-order valence-corrected chi connectivity index (χ4v) is 2.37.